The maximum Gasteiger partial charge on any atom is 0.264 e. The molecule has 6 heteroatoms. The molecule has 0 unspecified atom stereocenters. The normalized spacial score (nSPS) is 15.6. The van der Waals surface area contributed by atoms with Crippen LogP contribution in [0, 0.1) is 9.39 Å². The third kappa shape index (κ3) is 3.06. The lowest BCUT2D eigenvalue weighted by molar-refractivity contribution is 0.627. The molecule has 0 spiro atoms. The molecule has 3 rings (SSSR count). The Kier molecular flexibility index (Phi) is 4.44. The van der Waals surface area contributed by atoms with E-state index in [1.165, 1.54) is 25.0 Å². The van der Waals surface area contributed by atoms with Gasteiger partial charge in [0, 0.05) is 16.0 Å². The van der Waals surface area contributed by atoms with Gasteiger partial charge in [-0.15, -0.1) is 0 Å². The fraction of sp³-hybridized carbons (Fsp3) is 0.333. The quantitative estimate of drug-likeness (QED) is 0.663. The topological polar surface area (TPSA) is 45.8 Å². The van der Waals surface area contributed by atoms with Crippen molar-refractivity contribution in [3.63, 3.8) is 0 Å². The van der Waals surface area contributed by atoms with Crippen LogP contribution in [0.1, 0.15) is 37.3 Å². The van der Waals surface area contributed by atoms with Crippen molar-refractivity contribution in [3.05, 3.63) is 48.1 Å². The van der Waals surface area contributed by atoms with Gasteiger partial charge in [-0.2, -0.15) is 0 Å². The summed E-state index contributed by atoms with van der Waals surface area (Å²) in [6.45, 7) is 0. The Morgan fingerprint density at radius 2 is 2.05 bits per heavy atom. The first kappa shape index (κ1) is 15.1. The molecule has 2 aromatic rings. The van der Waals surface area contributed by atoms with E-state index < -0.39 is 0 Å². The SMILES string of the molecule is O=c1[nH]c(-c2ccc(F)cc2Br)nc(C2CCCC2)c1I. The Bertz CT molecular complexity index is 741. The van der Waals surface area contributed by atoms with E-state index in [4.69, 9.17) is 0 Å². The predicted octanol–water partition coefficient (Wildman–Crippen LogP) is 4.60. The number of aromatic nitrogens is 2. The van der Waals surface area contributed by atoms with Crippen LogP contribution in [0.15, 0.2) is 27.5 Å². The van der Waals surface area contributed by atoms with E-state index in [0.29, 0.717) is 25.3 Å². The van der Waals surface area contributed by atoms with Crippen molar-refractivity contribution in [2.24, 2.45) is 0 Å². The van der Waals surface area contributed by atoms with Gasteiger partial charge >= 0.3 is 0 Å². The summed E-state index contributed by atoms with van der Waals surface area (Å²) in [7, 11) is 0. The monoisotopic (exact) mass is 462 g/mol. The van der Waals surface area contributed by atoms with Crippen molar-refractivity contribution in [2.75, 3.05) is 0 Å². The van der Waals surface area contributed by atoms with Crippen LogP contribution in [0.25, 0.3) is 11.4 Å². The van der Waals surface area contributed by atoms with Gasteiger partial charge in [0.2, 0.25) is 0 Å². The van der Waals surface area contributed by atoms with Crippen molar-refractivity contribution < 1.29 is 4.39 Å². The Balaban J connectivity index is 2.13. The molecule has 0 atom stereocenters. The Hall–Kier alpha value is -0.760. The highest BCUT2D eigenvalue weighted by atomic mass is 127. The summed E-state index contributed by atoms with van der Waals surface area (Å²) in [6, 6.07) is 4.37. The molecule has 0 saturated heterocycles. The third-order valence-corrected chi connectivity index (χ3v) is 5.52. The first-order chi connectivity index (χ1) is 10.1. The van der Waals surface area contributed by atoms with Gasteiger partial charge in [-0.05, 0) is 69.6 Å². The fourth-order valence-electron chi connectivity index (χ4n) is 2.76. The first-order valence-corrected chi connectivity index (χ1v) is 8.68. The molecule has 1 heterocycles. The van der Waals surface area contributed by atoms with Crippen LogP contribution in [0.5, 0.6) is 0 Å². The van der Waals surface area contributed by atoms with Crippen LogP contribution in [0.4, 0.5) is 4.39 Å². The molecule has 21 heavy (non-hydrogen) atoms. The number of hydrogen-bond acceptors (Lipinski definition) is 2. The zero-order chi connectivity index (χ0) is 15.0. The highest BCUT2D eigenvalue weighted by Gasteiger charge is 2.23. The second-order valence-electron chi connectivity index (χ2n) is 5.22. The minimum absolute atomic E-state index is 0.126. The van der Waals surface area contributed by atoms with Crippen LogP contribution in [0.2, 0.25) is 0 Å². The maximum atomic E-state index is 13.2. The van der Waals surface area contributed by atoms with E-state index in [1.807, 2.05) is 0 Å². The summed E-state index contributed by atoms with van der Waals surface area (Å²) >= 11 is 5.40. The Morgan fingerprint density at radius 1 is 1.33 bits per heavy atom. The molecule has 1 aliphatic rings. The second kappa shape index (κ2) is 6.16. The summed E-state index contributed by atoms with van der Waals surface area (Å²) in [5, 5.41) is 0. The second-order valence-corrected chi connectivity index (χ2v) is 7.15. The average Bonchev–Trinajstić information content (AvgIpc) is 2.96. The molecule has 0 radical (unpaired) electrons. The van der Waals surface area contributed by atoms with Gasteiger partial charge in [0.05, 0.1) is 9.26 Å². The van der Waals surface area contributed by atoms with E-state index >= 15 is 0 Å². The van der Waals surface area contributed by atoms with Crippen LogP contribution in [-0.2, 0) is 0 Å². The molecule has 3 nitrogen and oxygen atoms in total. The third-order valence-electron chi connectivity index (χ3n) is 3.82. The van der Waals surface area contributed by atoms with Gasteiger partial charge in [0.25, 0.3) is 5.56 Å². The van der Waals surface area contributed by atoms with Gasteiger partial charge in [0.15, 0.2) is 0 Å². The molecule has 110 valence electrons. The molecule has 1 saturated carbocycles. The number of nitrogens with one attached hydrogen (secondary N) is 1. The number of aromatic amines is 1. The molecule has 1 N–H and O–H groups in total. The van der Waals surface area contributed by atoms with Crippen LogP contribution in [0.3, 0.4) is 0 Å². The first-order valence-electron chi connectivity index (χ1n) is 6.81. The van der Waals surface area contributed by atoms with Crippen LogP contribution < -0.4 is 5.56 Å². The van der Waals surface area contributed by atoms with Gasteiger partial charge in [0.1, 0.15) is 11.6 Å². The zero-order valence-corrected chi connectivity index (χ0v) is 14.9. The lowest BCUT2D eigenvalue weighted by Gasteiger charge is -2.13. The summed E-state index contributed by atoms with van der Waals surface area (Å²) in [5.41, 5.74) is 1.45. The smallest absolute Gasteiger partial charge is 0.264 e. The number of hydrogen-bond donors (Lipinski definition) is 1. The Morgan fingerprint density at radius 3 is 2.71 bits per heavy atom. The molecular weight excluding hydrogens is 450 g/mol. The van der Waals surface area contributed by atoms with Crippen molar-refractivity contribution in [1.29, 1.82) is 0 Å². The van der Waals surface area contributed by atoms with E-state index in [9.17, 15) is 9.18 Å². The lowest BCUT2D eigenvalue weighted by atomic mass is 10.0. The van der Waals surface area contributed by atoms with Crippen molar-refractivity contribution in [1.82, 2.24) is 9.97 Å². The van der Waals surface area contributed by atoms with E-state index in [2.05, 4.69) is 48.5 Å². The molecular formula is C15H13BrFIN2O. The number of rotatable bonds is 2. The van der Waals surface area contributed by atoms with Gasteiger partial charge < -0.3 is 4.98 Å². The molecule has 0 bridgehead atoms. The van der Waals surface area contributed by atoms with Crippen molar-refractivity contribution in [3.8, 4) is 11.4 Å². The summed E-state index contributed by atoms with van der Waals surface area (Å²) in [5.74, 6) is 0.529. The summed E-state index contributed by atoms with van der Waals surface area (Å²) < 4.78 is 14.5. The minimum Gasteiger partial charge on any atom is -0.306 e. The fourth-order valence-corrected chi connectivity index (χ4v) is 3.99. The minimum atomic E-state index is -0.325. The van der Waals surface area contributed by atoms with Gasteiger partial charge in [-0.3, -0.25) is 4.79 Å². The highest BCUT2D eigenvalue weighted by Crippen LogP contribution is 2.35. The number of H-pyrrole nitrogens is 1. The van der Waals surface area contributed by atoms with E-state index in [-0.39, 0.29) is 11.4 Å². The van der Waals surface area contributed by atoms with Crippen LogP contribution >= 0.6 is 38.5 Å². The van der Waals surface area contributed by atoms with Crippen LogP contribution in [-0.4, -0.2) is 9.97 Å². The molecule has 1 aromatic carbocycles. The molecule has 1 fully saturated rings. The molecule has 1 aromatic heterocycles. The predicted molar refractivity (Wildman–Crippen MR) is 91.9 cm³/mol. The summed E-state index contributed by atoms with van der Waals surface area (Å²) in [4.78, 5) is 19.6. The lowest BCUT2D eigenvalue weighted by Crippen LogP contribution is -2.18. The number of halogens is 3. The number of nitrogens with zero attached hydrogens (tertiary/aromatic N) is 1. The molecule has 0 amide bonds. The Labute approximate surface area is 143 Å². The summed E-state index contributed by atoms with van der Waals surface area (Å²) in [6.07, 6.45) is 4.53. The molecule has 0 aliphatic heterocycles. The standard InChI is InChI=1S/C15H13BrFIN2O/c16-11-7-9(17)5-6-10(11)14-19-13(8-3-1-2-4-8)12(18)15(21)20-14/h5-8H,1-4H2,(H,19,20,21). The van der Waals surface area contributed by atoms with Gasteiger partial charge in [-0.25, -0.2) is 9.37 Å². The molecule has 1 aliphatic carbocycles. The zero-order valence-electron chi connectivity index (χ0n) is 11.1. The largest absolute Gasteiger partial charge is 0.306 e. The average molecular weight is 463 g/mol. The number of benzene rings is 1. The van der Waals surface area contributed by atoms with E-state index in [1.54, 1.807) is 6.07 Å². The van der Waals surface area contributed by atoms with Crippen molar-refractivity contribution in [2.45, 2.75) is 31.6 Å². The van der Waals surface area contributed by atoms with E-state index in [0.717, 1.165) is 18.5 Å². The van der Waals surface area contributed by atoms with Gasteiger partial charge in [-0.1, -0.05) is 12.8 Å². The maximum absolute atomic E-state index is 13.2. The van der Waals surface area contributed by atoms with Crippen molar-refractivity contribution >= 4 is 38.5 Å². The highest BCUT2D eigenvalue weighted by molar-refractivity contribution is 14.1.